The lowest BCUT2D eigenvalue weighted by molar-refractivity contribution is 0.200. The number of rotatable bonds is 5. The molecule has 0 bridgehead atoms. The number of amides is 2. The highest BCUT2D eigenvalue weighted by Gasteiger charge is 2.42. The molecule has 34 heavy (non-hydrogen) atoms. The molecule has 7 nitrogen and oxygen atoms in total. The molecule has 3 N–H and O–H groups in total. The molecule has 0 spiro atoms. The van der Waals surface area contributed by atoms with E-state index in [0.717, 1.165) is 88.5 Å². The average molecular weight is 485 g/mol. The van der Waals surface area contributed by atoms with Crippen molar-refractivity contribution in [3.63, 3.8) is 0 Å². The predicted octanol–water partition coefficient (Wildman–Crippen LogP) is 3.09. The fraction of sp³-hybridized carbons (Fsp3) is 0.654. The van der Waals surface area contributed by atoms with Gasteiger partial charge in [-0.05, 0) is 118 Å². The van der Waals surface area contributed by atoms with Crippen molar-refractivity contribution >= 4 is 21.7 Å². The van der Waals surface area contributed by atoms with E-state index in [1.165, 1.54) is 40.5 Å². The molecule has 3 aliphatic carbocycles. The summed E-state index contributed by atoms with van der Waals surface area (Å²) in [7, 11) is -3.86. The molecule has 2 unspecified atom stereocenters. The number of likely N-dealkylation sites (tertiary alicyclic amines) is 1. The Hall–Kier alpha value is -1.90. The van der Waals surface area contributed by atoms with Gasteiger partial charge in [0.05, 0.1) is 0 Å². The van der Waals surface area contributed by atoms with Crippen molar-refractivity contribution in [1.82, 2.24) is 14.9 Å². The Morgan fingerprint density at radius 3 is 2.35 bits per heavy atom. The smallest absolute Gasteiger partial charge is 0.316 e. The van der Waals surface area contributed by atoms with Crippen LogP contribution in [-0.2, 0) is 35.7 Å². The Morgan fingerprint density at radius 1 is 1.00 bits per heavy atom. The number of nitrogens with zero attached hydrogens (tertiary/aromatic N) is 1. The zero-order valence-corrected chi connectivity index (χ0v) is 20.6. The van der Waals surface area contributed by atoms with Crippen molar-refractivity contribution in [3.8, 4) is 0 Å². The van der Waals surface area contributed by atoms with E-state index in [1.807, 2.05) is 0 Å². The van der Waals surface area contributed by atoms with Crippen LogP contribution in [0, 0.1) is 11.8 Å². The average Bonchev–Trinajstić information content (AvgIpc) is 3.59. The number of hydrogen-bond donors (Lipinski definition) is 3. The molecule has 0 aromatic heterocycles. The monoisotopic (exact) mass is 484 g/mol. The Balaban J connectivity index is 1.11. The lowest BCUT2D eigenvalue weighted by atomic mass is 9.99. The van der Waals surface area contributed by atoms with Crippen LogP contribution in [0.3, 0.4) is 0 Å². The molecule has 5 aliphatic rings. The number of benzene rings is 1. The Bertz CT molecular complexity index is 1070. The van der Waals surface area contributed by atoms with Gasteiger partial charge >= 0.3 is 6.03 Å². The molecule has 1 aromatic carbocycles. The van der Waals surface area contributed by atoms with Crippen molar-refractivity contribution < 1.29 is 13.2 Å². The number of nitrogens with one attached hydrogen (secondary N) is 3. The van der Waals surface area contributed by atoms with Crippen molar-refractivity contribution in [3.05, 3.63) is 39.8 Å². The summed E-state index contributed by atoms with van der Waals surface area (Å²) >= 11 is 0. The van der Waals surface area contributed by atoms with Crippen LogP contribution < -0.4 is 15.4 Å². The van der Waals surface area contributed by atoms with Gasteiger partial charge < -0.3 is 10.6 Å². The molecule has 1 saturated carbocycles. The fourth-order valence-corrected chi connectivity index (χ4v) is 8.11. The number of fused-ring (bicyclic) bond motifs is 3. The number of sulfonamides is 1. The Labute approximate surface area is 202 Å². The third-order valence-corrected chi connectivity index (χ3v) is 9.85. The number of carbonyl (C=O) groups excluding carboxylic acids is 1. The summed E-state index contributed by atoms with van der Waals surface area (Å²) in [6, 6.07) is 2.33. The minimum absolute atomic E-state index is 0.136. The maximum Gasteiger partial charge on any atom is 0.333 e. The summed E-state index contributed by atoms with van der Waals surface area (Å²) < 4.78 is 27.8. The second kappa shape index (κ2) is 8.95. The first-order chi connectivity index (χ1) is 16.5. The molecule has 6 rings (SSSR count). The van der Waals surface area contributed by atoms with E-state index >= 15 is 0 Å². The Morgan fingerprint density at radius 2 is 1.68 bits per heavy atom. The van der Waals surface area contributed by atoms with Crippen molar-refractivity contribution in [1.29, 1.82) is 0 Å². The molecular formula is C26H36N4O3S. The molecule has 0 radical (unpaired) electrons. The quantitative estimate of drug-likeness (QED) is 0.598. The highest BCUT2D eigenvalue weighted by molar-refractivity contribution is 7.92. The SMILES string of the molecule is O=C(Nc1c2c(cc3c1CCC3)CCC2)NS(=O)(=O)/C=C/[C@H]1CCCN1C1CC2CNCC2C1. The standard InChI is InChI=1S/C26H36N4O3S/c31-26(28-25-23-7-1-4-17(23)12-18-5-2-8-24(18)25)29-34(32,33)11-9-21-6-3-10-30(21)22-13-19-15-27-16-20(19)14-22/h9,11-12,19-22,27H,1-8,10,13-16H2,(H2,28,29,31)/b11-9+/t19?,20?,21-,22?/m1/s1. The van der Waals surface area contributed by atoms with Crippen LogP contribution in [0.5, 0.6) is 0 Å². The summed E-state index contributed by atoms with van der Waals surface area (Å²) in [4.78, 5) is 15.3. The van der Waals surface area contributed by atoms with Crippen LogP contribution in [0.25, 0.3) is 0 Å². The first-order valence-corrected chi connectivity index (χ1v) is 14.7. The van der Waals surface area contributed by atoms with Gasteiger partial charge in [-0.15, -0.1) is 0 Å². The molecule has 1 aromatic rings. The Kier molecular flexibility index (Phi) is 5.94. The van der Waals surface area contributed by atoms with Gasteiger partial charge in [-0.2, -0.15) is 0 Å². The van der Waals surface area contributed by atoms with Crippen molar-refractivity contribution in [2.45, 2.75) is 76.3 Å². The minimum Gasteiger partial charge on any atom is -0.316 e. The van der Waals surface area contributed by atoms with E-state index in [1.54, 1.807) is 6.08 Å². The van der Waals surface area contributed by atoms with Crippen LogP contribution in [0.4, 0.5) is 10.5 Å². The largest absolute Gasteiger partial charge is 0.333 e. The molecule has 184 valence electrons. The molecule has 3 atom stereocenters. The number of anilines is 1. The van der Waals surface area contributed by atoms with E-state index in [-0.39, 0.29) is 6.04 Å². The van der Waals surface area contributed by atoms with Crippen LogP contribution in [0.1, 0.15) is 60.8 Å². The zero-order valence-electron chi connectivity index (χ0n) is 19.8. The highest BCUT2D eigenvalue weighted by atomic mass is 32.2. The first kappa shape index (κ1) is 22.6. The third kappa shape index (κ3) is 4.29. The second-order valence-electron chi connectivity index (χ2n) is 10.9. The third-order valence-electron chi connectivity index (χ3n) is 8.87. The maximum absolute atomic E-state index is 12.8. The number of carbonyl (C=O) groups is 1. The molecular weight excluding hydrogens is 448 g/mol. The molecule has 2 heterocycles. The van der Waals surface area contributed by atoms with Gasteiger partial charge in [0.1, 0.15) is 0 Å². The van der Waals surface area contributed by atoms with Gasteiger partial charge in [0, 0.05) is 23.2 Å². The lowest BCUT2D eigenvalue weighted by Crippen LogP contribution is -2.38. The summed E-state index contributed by atoms with van der Waals surface area (Å²) in [5.74, 6) is 1.54. The van der Waals surface area contributed by atoms with E-state index in [0.29, 0.717) is 6.04 Å². The summed E-state index contributed by atoms with van der Waals surface area (Å²) in [6.45, 7) is 3.28. The normalized spacial score (nSPS) is 30.6. The summed E-state index contributed by atoms with van der Waals surface area (Å²) in [5.41, 5.74) is 5.88. The van der Waals surface area contributed by atoms with Gasteiger partial charge in [0.15, 0.2) is 0 Å². The summed E-state index contributed by atoms with van der Waals surface area (Å²) in [6.07, 6.45) is 12.4. The van der Waals surface area contributed by atoms with Crippen LogP contribution in [-0.4, -0.2) is 51.1 Å². The van der Waals surface area contributed by atoms with Gasteiger partial charge in [0.25, 0.3) is 10.0 Å². The summed E-state index contributed by atoms with van der Waals surface area (Å²) in [5, 5.41) is 7.63. The first-order valence-electron chi connectivity index (χ1n) is 13.1. The van der Waals surface area contributed by atoms with E-state index in [4.69, 9.17) is 0 Å². The fourth-order valence-electron chi connectivity index (χ4n) is 7.34. The van der Waals surface area contributed by atoms with Gasteiger partial charge in [-0.3, -0.25) is 4.90 Å². The highest BCUT2D eigenvalue weighted by Crippen LogP contribution is 2.40. The molecule has 3 fully saturated rings. The lowest BCUT2D eigenvalue weighted by Gasteiger charge is -2.29. The number of hydrogen-bond acceptors (Lipinski definition) is 5. The molecule has 2 saturated heterocycles. The van der Waals surface area contributed by atoms with E-state index in [9.17, 15) is 13.2 Å². The predicted molar refractivity (Wildman–Crippen MR) is 133 cm³/mol. The number of urea groups is 1. The second-order valence-corrected chi connectivity index (χ2v) is 12.5. The number of aryl methyl sites for hydroxylation is 2. The van der Waals surface area contributed by atoms with E-state index in [2.05, 4.69) is 26.3 Å². The van der Waals surface area contributed by atoms with E-state index < -0.39 is 16.1 Å². The van der Waals surface area contributed by atoms with Crippen molar-refractivity contribution in [2.75, 3.05) is 25.0 Å². The molecule has 8 heteroatoms. The molecule has 2 amide bonds. The van der Waals surface area contributed by atoms with Gasteiger partial charge in [0.2, 0.25) is 0 Å². The maximum atomic E-state index is 12.8. The van der Waals surface area contributed by atoms with Gasteiger partial charge in [-0.1, -0.05) is 12.1 Å². The van der Waals surface area contributed by atoms with Crippen LogP contribution >= 0.6 is 0 Å². The van der Waals surface area contributed by atoms with Crippen LogP contribution in [0.15, 0.2) is 17.6 Å². The topological polar surface area (TPSA) is 90.5 Å². The van der Waals surface area contributed by atoms with Gasteiger partial charge in [-0.25, -0.2) is 17.9 Å². The molecule has 2 aliphatic heterocycles. The minimum atomic E-state index is -3.86. The van der Waals surface area contributed by atoms with Crippen molar-refractivity contribution in [2.24, 2.45) is 11.8 Å². The van der Waals surface area contributed by atoms with Crippen LogP contribution in [0.2, 0.25) is 0 Å². The zero-order chi connectivity index (χ0) is 23.3.